The number of carbonyl (C=O) groups is 1. The lowest BCUT2D eigenvalue weighted by Gasteiger charge is -2.34. The van der Waals surface area contributed by atoms with Crippen LogP contribution < -0.4 is 4.90 Å². The van der Waals surface area contributed by atoms with Gasteiger partial charge in [-0.05, 0) is 18.4 Å². The van der Waals surface area contributed by atoms with Gasteiger partial charge in [0.2, 0.25) is 5.91 Å². The van der Waals surface area contributed by atoms with Gasteiger partial charge >= 0.3 is 0 Å². The van der Waals surface area contributed by atoms with E-state index in [0.29, 0.717) is 24.5 Å². The Bertz CT molecular complexity index is 883. The number of piperidine rings is 1. The number of nitriles is 1. The van der Waals surface area contributed by atoms with E-state index in [4.69, 9.17) is 0 Å². The summed E-state index contributed by atoms with van der Waals surface area (Å²) in [6.45, 7) is 1.38. The van der Waals surface area contributed by atoms with Crippen LogP contribution in [0.1, 0.15) is 36.4 Å². The van der Waals surface area contributed by atoms with Crippen molar-refractivity contribution in [3.05, 3.63) is 54.0 Å². The van der Waals surface area contributed by atoms with Crippen molar-refractivity contribution in [1.29, 1.82) is 5.26 Å². The normalized spacial score (nSPS) is 19.9. The second-order valence-corrected chi connectivity index (χ2v) is 6.78. The fourth-order valence-electron chi connectivity index (χ4n) is 3.76. The number of anilines is 1. The van der Waals surface area contributed by atoms with E-state index in [1.165, 1.54) is 12.5 Å². The molecular weight excluding hydrogens is 340 g/mol. The first-order valence-corrected chi connectivity index (χ1v) is 9.13. The standard InChI is InChI=1S/C20H20N6O/c21-12-17-13-22-14-23-19(17)25-10-7-16(8-11-25)20(27)26-18(6-9-24-26)15-4-2-1-3-5-15/h1-5,9,13-14,16,18H,6-8,10-11H2. The average molecular weight is 360 g/mol. The van der Waals surface area contributed by atoms with Crippen molar-refractivity contribution in [3.63, 3.8) is 0 Å². The Balaban J connectivity index is 1.43. The van der Waals surface area contributed by atoms with Crippen molar-refractivity contribution in [3.8, 4) is 6.07 Å². The molecule has 1 aromatic heterocycles. The molecule has 2 aliphatic heterocycles. The third-order valence-electron chi connectivity index (χ3n) is 5.20. The van der Waals surface area contributed by atoms with Crippen molar-refractivity contribution >= 4 is 17.9 Å². The highest BCUT2D eigenvalue weighted by Gasteiger charge is 2.35. The minimum absolute atomic E-state index is 0.0104. The van der Waals surface area contributed by atoms with Crippen molar-refractivity contribution in [2.75, 3.05) is 18.0 Å². The topological polar surface area (TPSA) is 85.5 Å². The van der Waals surface area contributed by atoms with E-state index in [2.05, 4.69) is 26.0 Å². The first kappa shape index (κ1) is 17.2. The predicted octanol–water partition coefficient (Wildman–Crippen LogP) is 2.52. The smallest absolute Gasteiger partial charge is 0.246 e. The van der Waals surface area contributed by atoms with E-state index in [1.807, 2.05) is 36.5 Å². The van der Waals surface area contributed by atoms with E-state index in [9.17, 15) is 10.1 Å². The summed E-state index contributed by atoms with van der Waals surface area (Å²) < 4.78 is 0. The van der Waals surface area contributed by atoms with Crippen LogP contribution in [0.5, 0.6) is 0 Å². The van der Waals surface area contributed by atoms with Crippen molar-refractivity contribution in [2.24, 2.45) is 11.0 Å². The molecule has 4 rings (SSSR count). The van der Waals surface area contributed by atoms with Gasteiger partial charge in [-0.2, -0.15) is 10.4 Å². The summed E-state index contributed by atoms with van der Waals surface area (Å²) in [5.41, 5.74) is 1.58. The molecule has 0 bridgehead atoms. The number of benzene rings is 1. The summed E-state index contributed by atoms with van der Waals surface area (Å²) >= 11 is 0. The number of hydrogen-bond donors (Lipinski definition) is 0. The third-order valence-corrected chi connectivity index (χ3v) is 5.20. The Morgan fingerprint density at radius 1 is 1.19 bits per heavy atom. The molecule has 0 aliphatic carbocycles. The zero-order valence-corrected chi connectivity index (χ0v) is 14.9. The van der Waals surface area contributed by atoms with E-state index in [1.54, 1.807) is 5.01 Å². The van der Waals surface area contributed by atoms with Crippen LogP contribution in [-0.4, -0.2) is 40.2 Å². The molecule has 0 N–H and O–H groups in total. The van der Waals surface area contributed by atoms with Crippen LogP contribution >= 0.6 is 0 Å². The van der Waals surface area contributed by atoms with Gasteiger partial charge in [-0.3, -0.25) is 4.79 Å². The fourth-order valence-corrected chi connectivity index (χ4v) is 3.76. The van der Waals surface area contributed by atoms with Crippen LogP contribution in [0.15, 0.2) is 48.0 Å². The quantitative estimate of drug-likeness (QED) is 0.839. The Morgan fingerprint density at radius 2 is 1.96 bits per heavy atom. The number of aromatic nitrogens is 2. The SMILES string of the molecule is N#Cc1cncnc1N1CCC(C(=O)N2N=CCC2c2ccccc2)CC1. The molecule has 0 spiro atoms. The van der Waals surface area contributed by atoms with E-state index in [-0.39, 0.29) is 17.9 Å². The summed E-state index contributed by atoms with van der Waals surface area (Å²) in [5, 5.41) is 15.2. The van der Waals surface area contributed by atoms with Gasteiger partial charge in [0, 0.05) is 31.6 Å². The molecule has 0 saturated carbocycles. The van der Waals surface area contributed by atoms with Crippen LogP contribution in [0.3, 0.4) is 0 Å². The molecule has 0 radical (unpaired) electrons. The van der Waals surface area contributed by atoms with Gasteiger partial charge in [-0.25, -0.2) is 15.0 Å². The number of amides is 1. The molecule has 1 atom stereocenters. The summed E-state index contributed by atoms with van der Waals surface area (Å²) in [6, 6.07) is 12.2. The number of rotatable bonds is 3. The summed E-state index contributed by atoms with van der Waals surface area (Å²) in [5.74, 6) is 0.676. The Hall–Kier alpha value is -3.27. The Morgan fingerprint density at radius 3 is 2.70 bits per heavy atom. The minimum Gasteiger partial charge on any atom is -0.355 e. The molecule has 7 heteroatoms. The molecule has 1 amide bonds. The molecule has 3 heterocycles. The molecule has 27 heavy (non-hydrogen) atoms. The van der Waals surface area contributed by atoms with Crippen LogP contribution in [0.2, 0.25) is 0 Å². The predicted molar refractivity (Wildman–Crippen MR) is 101 cm³/mol. The Labute approximate surface area is 158 Å². The van der Waals surface area contributed by atoms with Crippen molar-refractivity contribution in [1.82, 2.24) is 15.0 Å². The molecule has 1 fully saturated rings. The molecule has 2 aromatic rings. The van der Waals surface area contributed by atoms with Crippen LogP contribution in [0.4, 0.5) is 5.82 Å². The third kappa shape index (κ3) is 3.38. The van der Waals surface area contributed by atoms with Gasteiger partial charge in [0.25, 0.3) is 0 Å². The maximum atomic E-state index is 13.1. The number of nitrogens with zero attached hydrogens (tertiary/aromatic N) is 6. The number of hydrazone groups is 1. The van der Waals surface area contributed by atoms with Gasteiger partial charge in [0.05, 0.1) is 12.2 Å². The summed E-state index contributed by atoms with van der Waals surface area (Å²) in [4.78, 5) is 23.3. The summed E-state index contributed by atoms with van der Waals surface area (Å²) in [7, 11) is 0. The van der Waals surface area contributed by atoms with Gasteiger partial charge < -0.3 is 4.90 Å². The largest absolute Gasteiger partial charge is 0.355 e. The fraction of sp³-hybridized carbons (Fsp3) is 0.350. The molecule has 1 aromatic carbocycles. The van der Waals surface area contributed by atoms with E-state index >= 15 is 0 Å². The highest BCUT2D eigenvalue weighted by molar-refractivity contribution is 5.82. The van der Waals surface area contributed by atoms with Crippen LogP contribution in [-0.2, 0) is 4.79 Å². The maximum absolute atomic E-state index is 13.1. The molecular formula is C20H20N6O. The lowest BCUT2D eigenvalue weighted by atomic mass is 9.94. The van der Waals surface area contributed by atoms with E-state index in [0.717, 1.165) is 24.8 Å². The second kappa shape index (κ2) is 7.54. The molecule has 1 unspecified atom stereocenters. The molecule has 136 valence electrons. The lowest BCUT2D eigenvalue weighted by Crippen LogP contribution is -2.41. The van der Waals surface area contributed by atoms with Gasteiger partial charge in [0.1, 0.15) is 23.8 Å². The molecule has 7 nitrogen and oxygen atoms in total. The monoisotopic (exact) mass is 360 g/mol. The minimum atomic E-state index is -0.0601. The van der Waals surface area contributed by atoms with Crippen LogP contribution in [0, 0.1) is 17.2 Å². The number of hydrogen-bond acceptors (Lipinski definition) is 6. The van der Waals surface area contributed by atoms with E-state index < -0.39 is 0 Å². The average Bonchev–Trinajstić information content (AvgIpc) is 3.24. The Kier molecular flexibility index (Phi) is 4.79. The van der Waals surface area contributed by atoms with Gasteiger partial charge in [0.15, 0.2) is 0 Å². The highest BCUT2D eigenvalue weighted by atomic mass is 16.2. The zero-order chi connectivity index (χ0) is 18.6. The first-order chi connectivity index (χ1) is 13.3. The lowest BCUT2D eigenvalue weighted by molar-refractivity contribution is -0.138. The second-order valence-electron chi connectivity index (χ2n) is 6.78. The van der Waals surface area contributed by atoms with Gasteiger partial charge in [-0.15, -0.1) is 0 Å². The summed E-state index contributed by atoms with van der Waals surface area (Å²) in [6.07, 6.45) is 7.01. The van der Waals surface area contributed by atoms with Gasteiger partial charge in [-0.1, -0.05) is 30.3 Å². The highest BCUT2D eigenvalue weighted by Crippen LogP contribution is 2.32. The molecule has 2 aliphatic rings. The zero-order valence-electron chi connectivity index (χ0n) is 14.9. The van der Waals surface area contributed by atoms with Crippen molar-refractivity contribution < 1.29 is 4.79 Å². The maximum Gasteiger partial charge on any atom is 0.246 e. The number of carbonyl (C=O) groups excluding carboxylic acids is 1. The van der Waals surface area contributed by atoms with Crippen molar-refractivity contribution in [2.45, 2.75) is 25.3 Å². The molecule has 1 saturated heterocycles. The van der Waals surface area contributed by atoms with Crippen LogP contribution in [0.25, 0.3) is 0 Å². The first-order valence-electron chi connectivity index (χ1n) is 9.13.